The van der Waals surface area contributed by atoms with E-state index in [1.54, 1.807) is 0 Å². The summed E-state index contributed by atoms with van der Waals surface area (Å²) < 4.78 is 5.79. The van der Waals surface area contributed by atoms with E-state index in [-0.39, 0.29) is 0 Å². The Hall–Kier alpha value is -1.97. The Labute approximate surface area is 131 Å². The lowest BCUT2D eigenvalue weighted by molar-refractivity contribution is -0.0402. The molecular weight excluding hydrogens is 272 g/mol. The maximum atomic E-state index is 5.79. The van der Waals surface area contributed by atoms with Crippen LogP contribution in [-0.2, 0) is 11.3 Å². The zero-order chi connectivity index (χ0) is 14.8. The smallest absolute Gasteiger partial charge is 0.0658 e. The second-order valence-electron chi connectivity index (χ2n) is 6.05. The van der Waals surface area contributed by atoms with Crippen molar-refractivity contribution in [3.05, 3.63) is 72.1 Å². The van der Waals surface area contributed by atoms with Crippen LogP contribution in [0.15, 0.2) is 60.9 Å². The van der Waals surface area contributed by atoms with Gasteiger partial charge in [-0.05, 0) is 29.2 Å². The molecule has 2 bridgehead atoms. The summed E-state index contributed by atoms with van der Waals surface area (Å²) >= 11 is 0. The van der Waals surface area contributed by atoms with Gasteiger partial charge in [-0.1, -0.05) is 42.5 Å². The molecule has 3 heterocycles. The van der Waals surface area contributed by atoms with Gasteiger partial charge in [0.15, 0.2) is 0 Å². The minimum atomic E-state index is 0.364. The third-order valence-corrected chi connectivity index (χ3v) is 4.58. The van der Waals surface area contributed by atoms with Crippen LogP contribution in [0.4, 0.5) is 0 Å². The van der Waals surface area contributed by atoms with Crippen LogP contribution in [0.5, 0.6) is 0 Å². The number of hydrogen-bond acceptors (Lipinski definition) is 3. The number of fused-ring (bicyclic) bond motifs is 2. The maximum absolute atomic E-state index is 5.79. The second kappa shape index (κ2) is 6.03. The van der Waals surface area contributed by atoms with Gasteiger partial charge in [-0.25, -0.2) is 0 Å². The van der Waals surface area contributed by atoms with Crippen molar-refractivity contribution in [2.75, 3.05) is 13.2 Å². The minimum Gasteiger partial charge on any atom is -0.378 e. The van der Waals surface area contributed by atoms with Gasteiger partial charge in [0.2, 0.25) is 0 Å². The fourth-order valence-electron chi connectivity index (χ4n) is 3.47. The van der Waals surface area contributed by atoms with Gasteiger partial charge in [0.1, 0.15) is 0 Å². The van der Waals surface area contributed by atoms with Crippen molar-refractivity contribution in [3.63, 3.8) is 0 Å². The highest BCUT2D eigenvalue weighted by molar-refractivity contribution is 5.67. The fraction of sp³-hybridized carbons (Fsp3) is 0.316. The summed E-state index contributed by atoms with van der Waals surface area (Å²) in [6.45, 7) is 2.60. The number of hydrogen-bond donors (Lipinski definition) is 0. The van der Waals surface area contributed by atoms with Crippen LogP contribution in [0, 0.1) is 0 Å². The minimum absolute atomic E-state index is 0.364. The van der Waals surface area contributed by atoms with Crippen LogP contribution >= 0.6 is 0 Å². The molecule has 0 aliphatic carbocycles. The van der Waals surface area contributed by atoms with E-state index >= 15 is 0 Å². The van der Waals surface area contributed by atoms with Crippen LogP contribution < -0.4 is 0 Å². The third-order valence-electron chi connectivity index (χ3n) is 4.58. The molecule has 1 aromatic heterocycles. The molecule has 22 heavy (non-hydrogen) atoms. The van der Waals surface area contributed by atoms with Crippen molar-refractivity contribution in [2.45, 2.75) is 25.0 Å². The van der Waals surface area contributed by atoms with E-state index in [9.17, 15) is 0 Å². The third kappa shape index (κ3) is 2.70. The molecule has 2 atom stereocenters. The molecular formula is C19H20N2O. The highest BCUT2D eigenvalue weighted by atomic mass is 16.5. The molecule has 1 aromatic carbocycles. The van der Waals surface area contributed by atoms with Crippen molar-refractivity contribution in [2.24, 2.45) is 0 Å². The van der Waals surface area contributed by atoms with E-state index in [0.717, 1.165) is 26.2 Å². The average Bonchev–Trinajstić information content (AvgIpc) is 2.56. The molecule has 0 radical (unpaired) electrons. The molecule has 0 saturated carbocycles. The lowest BCUT2D eigenvalue weighted by atomic mass is 9.90. The summed E-state index contributed by atoms with van der Waals surface area (Å²) in [6, 6.07) is 15.7. The van der Waals surface area contributed by atoms with Gasteiger partial charge in [-0.2, -0.15) is 0 Å². The Kier molecular flexibility index (Phi) is 3.75. The van der Waals surface area contributed by atoms with Crippen LogP contribution in [0.2, 0.25) is 0 Å². The highest BCUT2D eigenvalue weighted by Crippen LogP contribution is 2.33. The normalized spacial score (nSPS) is 24.8. The molecule has 0 amide bonds. The van der Waals surface area contributed by atoms with E-state index in [4.69, 9.17) is 4.74 Å². The molecule has 112 valence electrons. The standard InChI is InChI=1S/C19H20N2O/c1-2-5-15(6-3-1)12-21-18-9-17(10-19(21)14-22-13-18)16-7-4-8-20-11-16/h1-9,11,18-19H,10,12-14H2. The van der Waals surface area contributed by atoms with Crippen molar-refractivity contribution in [3.8, 4) is 0 Å². The van der Waals surface area contributed by atoms with E-state index in [2.05, 4.69) is 52.4 Å². The van der Waals surface area contributed by atoms with Crippen LogP contribution in [0.3, 0.4) is 0 Å². The van der Waals surface area contributed by atoms with E-state index in [1.165, 1.54) is 16.7 Å². The molecule has 3 nitrogen and oxygen atoms in total. The highest BCUT2D eigenvalue weighted by Gasteiger charge is 2.34. The Morgan fingerprint density at radius 1 is 1.09 bits per heavy atom. The molecule has 2 aromatic rings. The summed E-state index contributed by atoms with van der Waals surface area (Å²) in [6.07, 6.45) is 7.21. The molecule has 2 unspecified atom stereocenters. The number of pyridine rings is 1. The quantitative estimate of drug-likeness (QED) is 0.869. The number of rotatable bonds is 3. The second-order valence-corrected chi connectivity index (χ2v) is 6.05. The molecule has 1 saturated heterocycles. The SMILES string of the molecule is C1=C(c2cccnc2)CC2COCC1N2Cc1ccccc1. The van der Waals surface area contributed by atoms with Gasteiger partial charge < -0.3 is 4.74 Å². The van der Waals surface area contributed by atoms with Crippen molar-refractivity contribution < 1.29 is 4.74 Å². The number of benzene rings is 1. The van der Waals surface area contributed by atoms with E-state index < -0.39 is 0 Å². The summed E-state index contributed by atoms with van der Waals surface area (Å²) in [5.41, 5.74) is 4.03. The summed E-state index contributed by atoms with van der Waals surface area (Å²) in [5, 5.41) is 0. The van der Waals surface area contributed by atoms with Gasteiger partial charge in [-0.15, -0.1) is 0 Å². The largest absolute Gasteiger partial charge is 0.378 e. The van der Waals surface area contributed by atoms with Crippen LogP contribution in [-0.4, -0.2) is 35.2 Å². The van der Waals surface area contributed by atoms with Crippen LogP contribution in [0.25, 0.3) is 5.57 Å². The van der Waals surface area contributed by atoms with Gasteiger partial charge in [-0.3, -0.25) is 9.88 Å². The first kappa shape index (κ1) is 13.7. The predicted molar refractivity (Wildman–Crippen MR) is 87.2 cm³/mol. The van der Waals surface area contributed by atoms with Gasteiger partial charge >= 0.3 is 0 Å². The molecule has 1 fully saturated rings. The summed E-state index contributed by atoms with van der Waals surface area (Å²) in [5.74, 6) is 0. The first-order chi connectivity index (χ1) is 10.9. The summed E-state index contributed by atoms with van der Waals surface area (Å²) in [7, 11) is 0. The molecule has 2 aliphatic heterocycles. The molecule has 4 rings (SSSR count). The number of nitrogens with zero attached hydrogens (tertiary/aromatic N) is 2. The van der Waals surface area contributed by atoms with Crippen molar-refractivity contribution in [1.82, 2.24) is 9.88 Å². The van der Waals surface area contributed by atoms with Crippen molar-refractivity contribution >= 4 is 5.57 Å². The average molecular weight is 292 g/mol. The monoisotopic (exact) mass is 292 g/mol. The maximum Gasteiger partial charge on any atom is 0.0658 e. The zero-order valence-electron chi connectivity index (χ0n) is 12.6. The molecule has 0 spiro atoms. The zero-order valence-corrected chi connectivity index (χ0v) is 12.6. The molecule has 0 N–H and O–H groups in total. The van der Waals surface area contributed by atoms with E-state index in [1.807, 2.05) is 18.5 Å². The Balaban J connectivity index is 1.60. The number of ether oxygens (including phenoxy) is 1. The molecule has 2 aliphatic rings. The Morgan fingerprint density at radius 3 is 2.77 bits per heavy atom. The number of aromatic nitrogens is 1. The Bertz CT molecular complexity index is 654. The lowest BCUT2D eigenvalue weighted by Crippen LogP contribution is -2.53. The lowest BCUT2D eigenvalue weighted by Gasteiger charge is -2.44. The molecule has 3 heteroatoms. The summed E-state index contributed by atoms with van der Waals surface area (Å²) in [4.78, 5) is 6.84. The number of morpholine rings is 1. The van der Waals surface area contributed by atoms with Crippen LogP contribution in [0.1, 0.15) is 17.5 Å². The van der Waals surface area contributed by atoms with Crippen molar-refractivity contribution in [1.29, 1.82) is 0 Å². The van der Waals surface area contributed by atoms with Gasteiger partial charge in [0.05, 0.1) is 19.3 Å². The first-order valence-corrected chi connectivity index (χ1v) is 7.88. The Morgan fingerprint density at radius 2 is 2.00 bits per heavy atom. The van der Waals surface area contributed by atoms with E-state index in [0.29, 0.717) is 12.1 Å². The first-order valence-electron chi connectivity index (χ1n) is 7.88. The predicted octanol–water partition coefficient (Wildman–Crippen LogP) is 3.14. The van der Waals surface area contributed by atoms with Gasteiger partial charge in [0.25, 0.3) is 0 Å². The fourth-order valence-corrected chi connectivity index (χ4v) is 3.47. The van der Waals surface area contributed by atoms with Gasteiger partial charge in [0, 0.05) is 25.0 Å². The topological polar surface area (TPSA) is 25.4 Å².